The lowest BCUT2D eigenvalue weighted by Crippen LogP contribution is -2.56. The van der Waals surface area contributed by atoms with Gasteiger partial charge in [0.15, 0.2) is 8.32 Å². The molecule has 0 saturated carbocycles. The van der Waals surface area contributed by atoms with Crippen molar-refractivity contribution < 1.29 is 4.43 Å². The van der Waals surface area contributed by atoms with Gasteiger partial charge in [0.1, 0.15) is 0 Å². The third-order valence-electron chi connectivity index (χ3n) is 5.69. The fraction of sp³-hybridized carbons (Fsp3) is 0.875. The van der Waals surface area contributed by atoms with Crippen LogP contribution in [0.1, 0.15) is 33.6 Å². The van der Waals surface area contributed by atoms with E-state index in [0.29, 0.717) is 11.1 Å². The predicted molar refractivity (Wildman–Crippen MR) is 97.9 cm³/mol. The molecule has 116 valence electrons. The molecular formula is C16H30INOSi. The van der Waals surface area contributed by atoms with Gasteiger partial charge in [-0.05, 0) is 53.4 Å². The Balaban J connectivity index is 1.91. The monoisotopic (exact) mass is 407 g/mol. The quantitative estimate of drug-likeness (QED) is 0.496. The minimum Gasteiger partial charge on any atom is -0.415 e. The average molecular weight is 407 g/mol. The lowest BCUT2D eigenvalue weighted by Gasteiger charge is -2.50. The molecular weight excluding hydrogens is 377 g/mol. The maximum absolute atomic E-state index is 6.46. The van der Waals surface area contributed by atoms with Crippen LogP contribution in [-0.4, -0.2) is 39.0 Å². The topological polar surface area (TPSA) is 12.5 Å². The van der Waals surface area contributed by atoms with Crippen LogP contribution in [0.4, 0.5) is 0 Å². The molecule has 4 heteroatoms. The normalized spacial score (nSPS) is 34.9. The Bertz CT molecular complexity index is 364. The number of fused-ring (bicyclic) bond motifs is 3. The Hall–Kier alpha value is 0.607. The molecule has 3 saturated heterocycles. The van der Waals surface area contributed by atoms with E-state index in [1.807, 2.05) is 0 Å². The van der Waals surface area contributed by atoms with E-state index in [-0.39, 0.29) is 0 Å². The number of piperidine rings is 3. The maximum atomic E-state index is 6.46. The minimum absolute atomic E-state index is 0.322. The molecule has 2 bridgehead atoms. The van der Waals surface area contributed by atoms with Gasteiger partial charge in [-0.2, -0.15) is 0 Å². The number of hydrogen-bond donors (Lipinski definition) is 0. The Morgan fingerprint density at radius 2 is 2.05 bits per heavy atom. The lowest BCUT2D eigenvalue weighted by atomic mass is 9.76. The molecule has 0 radical (unpaired) electrons. The van der Waals surface area contributed by atoms with Crippen LogP contribution in [0.2, 0.25) is 18.1 Å². The van der Waals surface area contributed by atoms with Crippen LogP contribution in [0.5, 0.6) is 0 Å². The van der Waals surface area contributed by atoms with Crippen LogP contribution in [-0.2, 0) is 4.43 Å². The highest BCUT2D eigenvalue weighted by molar-refractivity contribution is 14.1. The van der Waals surface area contributed by atoms with Crippen molar-refractivity contribution >= 4 is 30.9 Å². The first kappa shape index (κ1) is 17.0. The van der Waals surface area contributed by atoms with Gasteiger partial charge in [0.2, 0.25) is 0 Å². The molecule has 0 aromatic heterocycles. The van der Waals surface area contributed by atoms with Crippen molar-refractivity contribution in [3.05, 3.63) is 10.2 Å². The molecule has 3 fully saturated rings. The van der Waals surface area contributed by atoms with E-state index in [0.717, 1.165) is 18.4 Å². The molecule has 2 nitrogen and oxygen atoms in total. The Kier molecular flexibility index (Phi) is 5.42. The summed E-state index contributed by atoms with van der Waals surface area (Å²) < 4.78 is 8.66. The SMILES string of the molecule is CC(C)(C)[Si](C)(C)OC[C@@H]1C[C@@H]2CCN1C[C@@H]2/C=C/I. The smallest absolute Gasteiger partial charge is 0.192 e. The number of nitrogens with zero attached hydrogens (tertiary/aromatic N) is 1. The third kappa shape index (κ3) is 3.68. The fourth-order valence-electron chi connectivity index (χ4n) is 3.19. The molecule has 20 heavy (non-hydrogen) atoms. The lowest BCUT2D eigenvalue weighted by molar-refractivity contribution is -0.00388. The summed E-state index contributed by atoms with van der Waals surface area (Å²) in [5.41, 5.74) is 0. The summed E-state index contributed by atoms with van der Waals surface area (Å²) in [4.78, 5) is 2.68. The average Bonchev–Trinajstić information content (AvgIpc) is 2.36. The third-order valence-corrected chi connectivity index (χ3v) is 10.6. The van der Waals surface area contributed by atoms with E-state index >= 15 is 0 Å². The minimum atomic E-state index is -1.59. The van der Waals surface area contributed by atoms with E-state index in [1.165, 1.54) is 25.9 Å². The van der Waals surface area contributed by atoms with E-state index < -0.39 is 8.32 Å². The van der Waals surface area contributed by atoms with E-state index in [2.05, 4.69) is 71.5 Å². The maximum Gasteiger partial charge on any atom is 0.192 e. The van der Waals surface area contributed by atoms with Crippen LogP contribution in [0.3, 0.4) is 0 Å². The second kappa shape index (κ2) is 6.38. The highest BCUT2D eigenvalue weighted by Crippen LogP contribution is 2.40. The van der Waals surface area contributed by atoms with Crippen LogP contribution < -0.4 is 0 Å². The van der Waals surface area contributed by atoms with Crippen LogP contribution in [0.25, 0.3) is 0 Å². The molecule has 3 aliphatic heterocycles. The molecule has 0 aliphatic carbocycles. The molecule has 1 unspecified atom stereocenters. The van der Waals surface area contributed by atoms with Crippen molar-refractivity contribution in [2.75, 3.05) is 19.7 Å². The zero-order valence-corrected chi connectivity index (χ0v) is 16.8. The molecule has 0 aromatic carbocycles. The van der Waals surface area contributed by atoms with Gasteiger partial charge in [-0.1, -0.05) is 49.4 Å². The zero-order valence-electron chi connectivity index (χ0n) is 13.7. The van der Waals surface area contributed by atoms with Gasteiger partial charge in [0.25, 0.3) is 0 Å². The van der Waals surface area contributed by atoms with Crippen LogP contribution in [0.15, 0.2) is 10.2 Å². The summed E-state index contributed by atoms with van der Waals surface area (Å²) in [6.45, 7) is 15.2. The van der Waals surface area contributed by atoms with Crippen molar-refractivity contribution in [1.29, 1.82) is 0 Å². The van der Waals surface area contributed by atoms with Crippen molar-refractivity contribution in [2.24, 2.45) is 11.8 Å². The summed E-state index contributed by atoms with van der Waals surface area (Å²) in [5, 5.41) is 0.322. The number of rotatable bonds is 4. The highest BCUT2D eigenvalue weighted by Gasteiger charge is 2.42. The summed E-state index contributed by atoms with van der Waals surface area (Å²) in [6, 6.07) is 0.668. The Morgan fingerprint density at radius 3 is 2.55 bits per heavy atom. The first-order valence-electron chi connectivity index (χ1n) is 7.89. The summed E-state index contributed by atoms with van der Waals surface area (Å²) >= 11 is 2.35. The number of halogens is 1. The van der Waals surface area contributed by atoms with Gasteiger partial charge in [0.05, 0.1) is 0 Å². The second-order valence-electron chi connectivity index (χ2n) is 7.99. The predicted octanol–water partition coefficient (Wildman–Crippen LogP) is 4.67. The Labute approximate surface area is 139 Å². The standard InChI is InChI=1S/C16H30INOSi/c1-16(2,3)20(4,5)19-12-15-10-13-7-9-18(15)11-14(13)6-8-17/h6,8,13-15H,7,9-12H2,1-5H3/b8-6+/t13-,14-,15-/m0/s1. The van der Waals surface area contributed by atoms with Gasteiger partial charge in [-0.3, -0.25) is 4.90 Å². The molecule has 0 aromatic rings. The highest BCUT2D eigenvalue weighted by atomic mass is 127. The first-order chi connectivity index (χ1) is 9.24. The Morgan fingerprint density at radius 1 is 1.35 bits per heavy atom. The van der Waals surface area contributed by atoms with Crippen molar-refractivity contribution in [2.45, 2.75) is 57.8 Å². The summed E-state index contributed by atoms with van der Waals surface area (Å²) in [5.74, 6) is 1.67. The van der Waals surface area contributed by atoms with Crippen molar-refractivity contribution in [3.8, 4) is 0 Å². The largest absolute Gasteiger partial charge is 0.415 e. The van der Waals surface area contributed by atoms with E-state index in [4.69, 9.17) is 4.43 Å². The fourth-order valence-corrected chi connectivity index (χ4v) is 4.76. The van der Waals surface area contributed by atoms with Gasteiger partial charge in [-0.25, -0.2) is 0 Å². The van der Waals surface area contributed by atoms with Gasteiger partial charge < -0.3 is 4.43 Å². The molecule has 0 N–H and O–H groups in total. The molecule has 3 rings (SSSR count). The molecule has 3 aliphatic rings. The molecule has 4 atom stereocenters. The van der Waals surface area contributed by atoms with Gasteiger partial charge in [-0.15, -0.1) is 0 Å². The first-order valence-corrected chi connectivity index (χ1v) is 12.0. The van der Waals surface area contributed by atoms with Crippen LogP contribution in [0, 0.1) is 11.8 Å². The van der Waals surface area contributed by atoms with Crippen molar-refractivity contribution in [3.63, 3.8) is 0 Å². The van der Waals surface area contributed by atoms with Crippen LogP contribution >= 0.6 is 22.6 Å². The molecule has 0 amide bonds. The van der Waals surface area contributed by atoms with E-state index in [1.54, 1.807) is 0 Å². The number of hydrogen-bond acceptors (Lipinski definition) is 2. The van der Waals surface area contributed by atoms with Crippen molar-refractivity contribution in [1.82, 2.24) is 4.90 Å². The summed E-state index contributed by atoms with van der Waals surface area (Å²) in [6.07, 6.45) is 5.12. The molecule has 3 heterocycles. The zero-order chi connectivity index (χ0) is 15.0. The second-order valence-corrected chi connectivity index (χ2v) is 13.5. The van der Waals surface area contributed by atoms with Gasteiger partial charge in [0, 0.05) is 19.2 Å². The van der Waals surface area contributed by atoms with E-state index in [9.17, 15) is 0 Å². The molecule has 0 spiro atoms. The van der Waals surface area contributed by atoms with Gasteiger partial charge >= 0.3 is 0 Å². The summed E-state index contributed by atoms with van der Waals surface area (Å²) in [7, 11) is -1.59.